The Morgan fingerprint density at radius 1 is 1.22 bits per heavy atom. The first-order valence-electron chi connectivity index (χ1n) is 8.97. The number of nitrogens with zero attached hydrogens (tertiary/aromatic N) is 1. The largest absolute Gasteiger partial charge is 0.458 e. The highest BCUT2D eigenvalue weighted by Crippen LogP contribution is 2.16. The van der Waals surface area contributed by atoms with E-state index in [4.69, 9.17) is 9.47 Å². The Morgan fingerprint density at radius 3 is 2.41 bits per heavy atom. The van der Waals surface area contributed by atoms with Gasteiger partial charge in [-0.2, -0.15) is 0 Å². The predicted molar refractivity (Wildman–Crippen MR) is 99.4 cm³/mol. The third-order valence-electron chi connectivity index (χ3n) is 3.90. The van der Waals surface area contributed by atoms with E-state index in [0.717, 1.165) is 18.7 Å². The average Bonchev–Trinajstić information content (AvgIpc) is 2.62. The highest BCUT2D eigenvalue weighted by molar-refractivity contribution is 5.79. The predicted octanol–water partition coefficient (Wildman–Crippen LogP) is 1.09. The summed E-state index contributed by atoms with van der Waals surface area (Å²) < 4.78 is 10.7. The van der Waals surface area contributed by atoms with Gasteiger partial charge in [-0.1, -0.05) is 12.1 Å². The number of benzene rings is 1. The monoisotopic (exact) mass is 377 g/mol. The Morgan fingerprint density at radius 2 is 1.85 bits per heavy atom. The zero-order valence-corrected chi connectivity index (χ0v) is 16.0. The maximum atomic E-state index is 12.2. The highest BCUT2D eigenvalue weighted by Gasteiger charge is 2.25. The van der Waals surface area contributed by atoms with Crippen LogP contribution >= 0.6 is 0 Å². The van der Waals surface area contributed by atoms with E-state index in [9.17, 15) is 14.4 Å². The van der Waals surface area contributed by atoms with Gasteiger partial charge in [-0.15, -0.1) is 0 Å². The fourth-order valence-electron chi connectivity index (χ4n) is 2.61. The molecule has 1 saturated heterocycles. The van der Waals surface area contributed by atoms with Crippen molar-refractivity contribution in [2.45, 2.75) is 38.8 Å². The third-order valence-corrected chi connectivity index (χ3v) is 3.90. The maximum absolute atomic E-state index is 12.2. The molecular weight excluding hydrogens is 350 g/mol. The van der Waals surface area contributed by atoms with Gasteiger partial charge in [0.2, 0.25) is 6.41 Å². The van der Waals surface area contributed by atoms with Crippen LogP contribution in [-0.2, 0) is 20.7 Å². The number of nitrogens with one attached hydrogen (secondary N) is 2. The SMILES string of the molecule is CC(C)(C)OC(=O)[C@H](Cc1ccc(OC(=O)N2CCNCC2)cc1)NC=O. The van der Waals surface area contributed by atoms with Crippen LogP contribution in [0.25, 0.3) is 0 Å². The van der Waals surface area contributed by atoms with Crippen LogP contribution in [0.3, 0.4) is 0 Å². The molecule has 1 aromatic rings. The van der Waals surface area contributed by atoms with E-state index in [1.165, 1.54) is 0 Å². The van der Waals surface area contributed by atoms with Gasteiger partial charge in [0.25, 0.3) is 0 Å². The normalized spacial score (nSPS) is 15.6. The molecule has 148 valence electrons. The van der Waals surface area contributed by atoms with Crippen LogP contribution in [0.4, 0.5) is 4.79 Å². The number of hydrogen-bond acceptors (Lipinski definition) is 6. The summed E-state index contributed by atoms with van der Waals surface area (Å²) in [6.07, 6.45) is 0.385. The summed E-state index contributed by atoms with van der Waals surface area (Å²) in [7, 11) is 0. The first kappa shape index (κ1) is 20.7. The molecule has 0 radical (unpaired) electrons. The van der Waals surface area contributed by atoms with Gasteiger partial charge in [-0.05, 0) is 38.5 Å². The smallest absolute Gasteiger partial charge is 0.415 e. The van der Waals surface area contributed by atoms with Crippen LogP contribution in [0.5, 0.6) is 5.75 Å². The van der Waals surface area contributed by atoms with E-state index in [1.54, 1.807) is 49.9 Å². The number of esters is 1. The van der Waals surface area contributed by atoms with Crippen LogP contribution in [-0.4, -0.2) is 61.2 Å². The summed E-state index contributed by atoms with van der Waals surface area (Å²) in [5.41, 5.74) is 0.171. The molecule has 1 aliphatic heterocycles. The topological polar surface area (TPSA) is 97.0 Å². The second kappa shape index (κ2) is 9.36. The van der Waals surface area contributed by atoms with Crippen LogP contribution < -0.4 is 15.4 Å². The number of hydrogen-bond donors (Lipinski definition) is 2. The van der Waals surface area contributed by atoms with Gasteiger partial charge in [0, 0.05) is 32.6 Å². The minimum Gasteiger partial charge on any atom is -0.458 e. The van der Waals surface area contributed by atoms with Crippen molar-refractivity contribution in [3.8, 4) is 5.75 Å². The van der Waals surface area contributed by atoms with Gasteiger partial charge in [-0.25, -0.2) is 9.59 Å². The molecule has 2 rings (SSSR count). The number of ether oxygens (including phenoxy) is 2. The lowest BCUT2D eigenvalue weighted by molar-refractivity contribution is -0.158. The molecule has 1 atom stereocenters. The summed E-state index contributed by atoms with van der Waals surface area (Å²) in [5.74, 6) is -0.0664. The Bertz CT molecular complexity index is 648. The second-order valence-corrected chi connectivity index (χ2v) is 7.32. The minimum atomic E-state index is -0.782. The molecule has 1 aliphatic rings. The van der Waals surface area contributed by atoms with Gasteiger partial charge in [-0.3, -0.25) is 4.79 Å². The van der Waals surface area contributed by atoms with Crippen LogP contribution in [0.15, 0.2) is 24.3 Å². The minimum absolute atomic E-state index is 0.277. The Balaban J connectivity index is 1.95. The van der Waals surface area contributed by atoms with Crippen LogP contribution in [0.2, 0.25) is 0 Å². The third kappa shape index (κ3) is 6.90. The van der Waals surface area contributed by atoms with Crippen LogP contribution in [0, 0.1) is 0 Å². The summed E-state index contributed by atoms with van der Waals surface area (Å²) in [6.45, 7) is 8.05. The van der Waals surface area contributed by atoms with Crippen molar-refractivity contribution >= 4 is 18.5 Å². The average molecular weight is 377 g/mol. The number of amides is 2. The van der Waals surface area contributed by atoms with Crippen molar-refractivity contribution in [3.05, 3.63) is 29.8 Å². The zero-order valence-electron chi connectivity index (χ0n) is 16.0. The zero-order chi connectivity index (χ0) is 19.9. The molecule has 0 aliphatic carbocycles. The summed E-state index contributed by atoms with van der Waals surface area (Å²) in [4.78, 5) is 36.8. The molecule has 1 heterocycles. The molecule has 0 saturated carbocycles. The molecule has 2 N–H and O–H groups in total. The van der Waals surface area contributed by atoms with Gasteiger partial charge in [0.1, 0.15) is 17.4 Å². The Hall–Kier alpha value is -2.61. The lowest BCUT2D eigenvalue weighted by Gasteiger charge is -2.26. The van der Waals surface area contributed by atoms with E-state index < -0.39 is 17.6 Å². The van der Waals surface area contributed by atoms with E-state index in [2.05, 4.69) is 10.6 Å². The van der Waals surface area contributed by atoms with E-state index >= 15 is 0 Å². The van der Waals surface area contributed by atoms with Crippen molar-refractivity contribution in [1.29, 1.82) is 0 Å². The van der Waals surface area contributed by atoms with Gasteiger partial charge in [0.05, 0.1) is 0 Å². The number of rotatable bonds is 6. The standard InChI is InChI=1S/C19H27N3O5/c1-19(2,3)27-17(24)16(21-13-23)12-14-4-6-15(7-5-14)26-18(25)22-10-8-20-9-11-22/h4-7,13,16,20H,8-12H2,1-3H3,(H,21,23)/t16-/m0/s1. The molecular formula is C19H27N3O5. The quantitative estimate of drug-likeness (QED) is 0.569. The molecule has 1 fully saturated rings. The van der Waals surface area contributed by atoms with Crippen molar-refractivity contribution < 1.29 is 23.9 Å². The van der Waals surface area contributed by atoms with Crippen molar-refractivity contribution in [2.75, 3.05) is 26.2 Å². The molecule has 1 aromatic carbocycles. The van der Waals surface area contributed by atoms with E-state index in [-0.39, 0.29) is 12.5 Å². The first-order valence-corrected chi connectivity index (χ1v) is 8.97. The van der Waals surface area contributed by atoms with Gasteiger partial charge in [0.15, 0.2) is 0 Å². The number of carbonyl (C=O) groups is 3. The molecule has 0 aromatic heterocycles. The van der Waals surface area contributed by atoms with Crippen molar-refractivity contribution in [1.82, 2.24) is 15.5 Å². The second-order valence-electron chi connectivity index (χ2n) is 7.32. The number of carbonyl (C=O) groups excluding carboxylic acids is 3. The Kier molecular flexibility index (Phi) is 7.18. The van der Waals surface area contributed by atoms with Crippen molar-refractivity contribution in [2.24, 2.45) is 0 Å². The van der Waals surface area contributed by atoms with Gasteiger partial charge < -0.3 is 25.0 Å². The molecule has 0 bridgehead atoms. The fraction of sp³-hybridized carbons (Fsp3) is 0.526. The summed E-state index contributed by atoms with van der Waals surface area (Å²) in [6, 6.07) is 6.07. The lowest BCUT2D eigenvalue weighted by Crippen LogP contribution is -2.47. The highest BCUT2D eigenvalue weighted by atomic mass is 16.6. The first-order chi connectivity index (χ1) is 12.8. The van der Waals surface area contributed by atoms with Crippen molar-refractivity contribution in [3.63, 3.8) is 0 Å². The molecule has 0 spiro atoms. The van der Waals surface area contributed by atoms with Gasteiger partial charge >= 0.3 is 12.1 Å². The molecule has 0 unspecified atom stereocenters. The van der Waals surface area contributed by atoms with Crippen LogP contribution in [0.1, 0.15) is 26.3 Å². The summed E-state index contributed by atoms with van der Waals surface area (Å²) >= 11 is 0. The van der Waals surface area contributed by atoms with E-state index in [1.807, 2.05) is 0 Å². The fourth-order valence-corrected chi connectivity index (χ4v) is 2.61. The molecule has 8 heteroatoms. The lowest BCUT2D eigenvalue weighted by atomic mass is 10.1. The van der Waals surface area contributed by atoms with E-state index in [0.29, 0.717) is 25.2 Å². The molecule has 27 heavy (non-hydrogen) atoms. The number of piperazine rings is 1. The molecule has 2 amide bonds. The Labute approximate surface area is 159 Å². The maximum Gasteiger partial charge on any atom is 0.415 e. The molecule has 8 nitrogen and oxygen atoms in total. The summed E-state index contributed by atoms with van der Waals surface area (Å²) in [5, 5.41) is 5.66.